The normalized spacial score (nSPS) is 15.7. The quantitative estimate of drug-likeness (QED) is 0.178. The van der Waals surface area contributed by atoms with Gasteiger partial charge in [-0.1, -0.05) is 36.4 Å². The molecule has 45 heavy (non-hydrogen) atoms. The van der Waals surface area contributed by atoms with E-state index < -0.39 is 35.5 Å². The number of hydrogen-bond acceptors (Lipinski definition) is 7. The van der Waals surface area contributed by atoms with Crippen LogP contribution in [0.15, 0.2) is 67.0 Å². The summed E-state index contributed by atoms with van der Waals surface area (Å²) in [6, 6.07) is 15.0. The number of carbonyl (C=O) groups excluding carboxylic acids is 2. The molecule has 1 aromatic heterocycles. The first-order valence-corrected chi connectivity index (χ1v) is 15.4. The Bertz CT molecular complexity index is 1320. The van der Waals surface area contributed by atoms with Crippen molar-refractivity contribution >= 4 is 11.9 Å². The lowest BCUT2D eigenvalue weighted by Crippen LogP contribution is -2.53. The third kappa shape index (κ3) is 8.71. The zero-order valence-corrected chi connectivity index (χ0v) is 26.2. The summed E-state index contributed by atoms with van der Waals surface area (Å²) in [5, 5.41) is 0. The fraction of sp³-hybridized carbons (Fsp3) is 0.457. The third-order valence-electron chi connectivity index (χ3n) is 8.16. The van der Waals surface area contributed by atoms with Crippen molar-refractivity contribution < 1.29 is 37.3 Å². The average molecular weight is 625 g/mol. The Kier molecular flexibility index (Phi) is 12.1. The van der Waals surface area contributed by atoms with E-state index in [0.717, 1.165) is 48.3 Å². The topological polar surface area (TPSA) is 87.2 Å². The minimum atomic E-state index is -3.96. The Morgan fingerprint density at radius 2 is 1.56 bits per heavy atom. The maximum Gasteiger partial charge on any atom is 0.350 e. The van der Waals surface area contributed by atoms with Crippen LogP contribution in [0.5, 0.6) is 17.2 Å². The van der Waals surface area contributed by atoms with Gasteiger partial charge in [0.05, 0.1) is 21.3 Å². The summed E-state index contributed by atoms with van der Waals surface area (Å²) < 4.78 is 53.4. The van der Waals surface area contributed by atoms with E-state index >= 15 is 8.78 Å². The number of halogens is 2. The molecule has 1 amide bonds. The lowest BCUT2D eigenvalue weighted by molar-refractivity contribution is -0.173. The molecule has 3 aromatic rings. The molecule has 1 saturated heterocycles. The summed E-state index contributed by atoms with van der Waals surface area (Å²) in [5.41, 5.74) is 1.66. The molecule has 1 aliphatic heterocycles. The number of piperidine rings is 1. The standard InChI is InChI=1S/C35H42F2N2O6/c1-42-30-22-27(23-31(43-2)32(30)44-3)35(36,37)34(41)39-21-8-7-19-29(39)33(40)45-28(17-9-14-25-12-5-4-6-13-25)18-10-15-26-16-11-20-38-24-26/h4-6,11-13,16,20,22-24,28-29H,7-10,14-15,17-19,21H2,1-3H3/t28?,29-/m0/s1. The molecule has 0 radical (unpaired) electrons. The molecule has 0 saturated carbocycles. The van der Waals surface area contributed by atoms with E-state index in [2.05, 4.69) is 17.1 Å². The first-order chi connectivity index (χ1) is 21.8. The number of aromatic nitrogens is 1. The predicted molar refractivity (Wildman–Crippen MR) is 166 cm³/mol. The zero-order valence-electron chi connectivity index (χ0n) is 26.2. The van der Waals surface area contributed by atoms with Gasteiger partial charge in [-0.25, -0.2) is 4.79 Å². The van der Waals surface area contributed by atoms with Gasteiger partial charge in [0, 0.05) is 24.5 Å². The molecule has 242 valence electrons. The van der Waals surface area contributed by atoms with Crippen molar-refractivity contribution in [3.05, 3.63) is 83.7 Å². The monoisotopic (exact) mass is 624 g/mol. The molecular weight excluding hydrogens is 582 g/mol. The number of methoxy groups -OCH3 is 3. The second-order valence-corrected chi connectivity index (χ2v) is 11.2. The smallest absolute Gasteiger partial charge is 0.350 e. The van der Waals surface area contributed by atoms with Gasteiger partial charge in [0.1, 0.15) is 12.1 Å². The van der Waals surface area contributed by atoms with Gasteiger partial charge in [0.25, 0.3) is 5.91 Å². The molecule has 2 atom stereocenters. The number of alkyl halides is 2. The van der Waals surface area contributed by atoms with Crippen molar-refractivity contribution in [2.24, 2.45) is 0 Å². The number of aryl methyl sites for hydroxylation is 2. The highest BCUT2D eigenvalue weighted by atomic mass is 19.3. The van der Waals surface area contributed by atoms with Crippen LogP contribution in [0.3, 0.4) is 0 Å². The molecular formula is C35H42F2N2O6. The number of carbonyl (C=O) groups is 2. The minimum absolute atomic E-state index is 0.00134. The van der Waals surface area contributed by atoms with Crippen LogP contribution in [0.4, 0.5) is 8.78 Å². The Labute approximate surface area is 263 Å². The Morgan fingerprint density at radius 1 is 0.911 bits per heavy atom. The maximum absolute atomic E-state index is 15.9. The summed E-state index contributed by atoms with van der Waals surface area (Å²) in [7, 11) is 3.98. The number of benzene rings is 2. The number of hydrogen-bond donors (Lipinski definition) is 0. The van der Waals surface area contributed by atoms with Crippen LogP contribution in [0.2, 0.25) is 0 Å². The highest BCUT2D eigenvalue weighted by molar-refractivity contribution is 5.90. The van der Waals surface area contributed by atoms with Gasteiger partial charge in [-0.2, -0.15) is 8.78 Å². The van der Waals surface area contributed by atoms with E-state index in [9.17, 15) is 9.59 Å². The fourth-order valence-electron chi connectivity index (χ4n) is 5.75. The highest BCUT2D eigenvalue weighted by Crippen LogP contribution is 2.43. The van der Waals surface area contributed by atoms with Gasteiger partial charge in [-0.3, -0.25) is 9.78 Å². The van der Waals surface area contributed by atoms with Crippen LogP contribution < -0.4 is 14.2 Å². The molecule has 1 fully saturated rings. The molecule has 8 nitrogen and oxygen atoms in total. The molecule has 10 heteroatoms. The van der Waals surface area contributed by atoms with Gasteiger partial charge < -0.3 is 23.8 Å². The second kappa shape index (κ2) is 16.2. The molecule has 1 unspecified atom stereocenters. The van der Waals surface area contributed by atoms with Crippen molar-refractivity contribution in [1.29, 1.82) is 0 Å². The molecule has 4 rings (SSSR count). The molecule has 0 spiro atoms. The number of nitrogens with zero attached hydrogens (tertiary/aromatic N) is 2. The Hall–Kier alpha value is -4.21. The van der Waals surface area contributed by atoms with E-state index in [1.807, 2.05) is 36.5 Å². The number of ether oxygens (including phenoxy) is 4. The number of amides is 1. The summed E-state index contributed by atoms with van der Waals surface area (Å²) in [6.45, 7) is 0.0261. The molecule has 0 bridgehead atoms. The maximum atomic E-state index is 15.9. The van der Waals surface area contributed by atoms with Crippen molar-refractivity contribution in [2.45, 2.75) is 75.9 Å². The average Bonchev–Trinajstić information content (AvgIpc) is 3.07. The van der Waals surface area contributed by atoms with Gasteiger partial charge in [-0.15, -0.1) is 0 Å². The molecule has 2 aromatic carbocycles. The summed E-state index contributed by atoms with van der Waals surface area (Å²) >= 11 is 0. The lowest BCUT2D eigenvalue weighted by atomic mass is 9.98. The first-order valence-electron chi connectivity index (χ1n) is 15.4. The third-order valence-corrected chi connectivity index (χ3v) is 8.16. The van der Waals surface area contributed by atoms with Crippen LogP contribution in [0.25, 0.3) is 0 Å². The zero-order chi connectivity index (χ0) is 32.2. The van der Waals surface area contributed by atoms with Crippen molar-refractivity contribution in [3.63, 3.8) is 0 Å². The van der Waals surface area contributed by atoms with Crippen molar-refractivity contribution in [2.75, 3.05) is 27.9 Å². The number of likely N-dealkylation sites (tertiary alicyclic amines) is 1. The van der Waals surface area contributed by atoms with E-state index in [-0.39, 0.29) is 30.2 Å². The molecule has 2 heterocycles. The Morgan fingerprint density at radius 3 is 2.16 bits per heavy atom. The lowest BCUT2D eigenvalue weighted by Gasteiger charge is -2.37. The van der Waals surface area contributed by atoms with Gasteiger partial charge in [-0.05, 0) is 87.1 Å². The molecule has 1 aliphatic rings. The van der Waals surface area contributed by atoms with E-state index in [1.54, 1.807) is 6.20 Å². The SMILES string of the molecule is COc1cc(C(F)(F)C(=O)N2CCCC[C@H]2C(=O)OC(CCCc2ccccc2)CCCc2cccnc2)cc(OC)c1OC. The predicted octanol–water partition coefficient (Wildman–Crippen LogP) is 6.54. The van der Waals surface area contributed by atoms with Crippen molar-refractivity contribution in [1.82, 2.24) is 9.88 Å². The fourth-order valence-corrected chi connectivity index (χ4v) is 5.75. The summed E-state index contributed by atoms with van der Waals surface area (Å²) in [5.74, 6) is -5.93. The minimum Gasteiger partial charge on any atom is -0.493 e. The summed E-state index contributed by atoms with van der Waals surface area (Å²) in [4.78, 5) is 32.2. The van der Waals surface area contributed by atoms with Crippen LogP contribution in [-0.2, 0) is 33.1 Å². The second-order valence-electron chi connectivity index (χ2n) is 11.2. The molecule has 0 N–H and O–H groups in total. The van der Waals surface area contributed by atoms with Crippen LogP contribution >= 0.6 is 0 Å². The van der Waals surface area contributed by atoms with Gasteiger partial charge in [0.2, 0.25) is 5.75 Å². The van der Waals surface area contributed by atoms with E-state index in [1.165, 1.54) is 26.9 Å². The first kappa shape index (κ1) is 33.7. The van der Waals surface area contributed by atoms with Gasteiger partial charge in [0.15, 0.2) is 11.5 Å². The van der Waals surface area contributed by atoms with Crippen molar-refractivity contribution in [3.8, 4) is 17.2 Å². The number of rotatable bonds is 15. The van der Waals surface area contributed by atoms with E-state index in [4.69, 9.17) is 18.9 Å². The number of esters is 1. The summed E-state index contributed by atoms with van der Waals surface area (Å²) in [6.07, 6.45) is 8.90. The van der Waals surface area contributed by atoms with Crippen LogP contribution in [0.1, 0.15) is 61.6 Å². The molecule has 0 aliphatic carbocycles. The highest BCUT2D eigenvalue weighted by Gasteiger charge is 2.49. The van der Waals surface area contributed by atoms with E-state index in [0.29, 0.717) is 25.7 Å². The number of pyridine rings is 1. The van der Waals surface area contributed by atoms with Gasteiger partial charge >= 0.3 is 11.9 Å². The van der Waals surface area contributed by atoms with Crippen LogP contribution in [0, 0.1) is 0 Å². The van der Waals surface area contributed by atoms with Crippen LogP contribution in [-0.4, -0.2) is 61.8 Å². The largest absolute Gasteiger partial charge is 0.493 e. The Balaban J connectivity index is 1.48.